The van der Waals surface area contributed by atoms with Crippen molar-refractivity contribution in [2.75, 3.05) is 6.61 Å². The molecule has 1 saturated carbocycles. The molecule has 11 nitrogen and oxygen atoms in total. The molecule has 1 aliphatic carbocycles. The summed E-state index contributed by atoms with van der Waals surface area (Å²) in [6.45, 7) is 4.16. The second-order valence-corrected chi connectivity index (χ2v) is 10.5. The SMILES string of the molecule is CC(C)(C)C(C)(OC(N)=O)c1oc(-c2ccc(OC(F)F)c(OCC3CC3)c2)nc1C(=O)NCc1ncccn1. The highest BCUT2D eigenvalue weighted by atomic mass is 19.3. The molecule has 40 heavy (non-hydrogen) atoms. The number of nitrogens with two attached hydrogens (primary N) is 1. The van der Waals surface area contributed by atoms with Gasteiger partial charge in [-0.25, -0.2) is 19.7 Å². The fraction of sp³-hybridized carbons (Fsp3) is 0.444. The molecule has 4 rings (SSSR count). The summed E-state index contributed by atoms with van der Waals surface area (Å²) in [6.07, 6.45) is 3.98. The molecule has 1 aromatic carbocycles. The molecule has 2 heterocycles. The van der Waals surface area contributed by atoms with Crippen LogP contribution in [0.5, 0.6) is 11.5 Å². The van der Waals surface area contributed by atoms with E-state index in [9.17, 15) is 18.4 Å². The third kappa shape index (κ3) is 6.64. The van der Waals surface area contributed by atoms with Gasteiger partial charge in [-0.3, -0.25) is 4.79 Å². The zero-order valence-electron chi connectivity index (χ0n) is 22.6. The molecule has 3 N–H and O–H groups in total. The zero-order chi connectivity index (χ0) is 29.1. The third-order valence-corrected chi connectivity index (χ3v) is 6.62. The van der Waals surface area contributed by atoms with E-state index < -0.39 is 29.6 Å². The number of carbonyl (C=O) groups excluding carboxylic acids is 2. The third-order valence-electron chi connectivity index (χ3n) is 6.62. The summed E-state index contributed by atoms with van der Waals surface area (Å²) in [4.78, 5) is 37.9. The number of benzene rings is 1. The van der Waals surface area contributed by atoms with Crippen LogP contribution in [-0.4, -0.2) is 40.2 Å². The number of nitrogens with zero attached hydrogens (tertiary/aromatic N) is 3. The van der Waals surface area contributed by atoms with Gasteiger partial charge in [0.1, 0.15) is 5.82 Å². The van der Waals surface area contributed by atoms with E-state index in [-0.39, 0.29) is 35.4 Å². The highest BCUT2D eigenvalue weighted by Crippen LogP contribution is 2.45. The van der Waals surface area contributed by atoms with E-state index in [0.717, 1.165) is 12.8 Å². The molecule has 0 saturated heterocycles. The van der Waals surface area contributed by atoms with Gasteiger partial charge in [-0.1, -0.05) is 20.8 Å². The molecule has 1 aliphatic rings. The minimum Gasteiger partial charge on any atom is -0.489 e. The normalized spacial score (nSPS) is 14.9. The Bertz CT molecular complexity index is 1360. The van der Waals surface area contributed by atoms with Gasteiger partial charge in [0.25, 0.3) is 5.91 Å². The number of halogens is 2. The molecule has 1 atom stereocenters. The Kier molecular flexibility index (Phi) is 8.21. The molecule has 1 fully saturated rings. The Balaban J connectivity index is 1.76. The number of alkyl halides is 2. The van der Waals surface area contributed by atoms with Crippen molar-refractivity contribution in [1.82, 2.24) is 20.3 Å². The lowest BCUT2D eigenvalue weighted by Crippen LogP contribution is -2.44. The second kappa shape index (κ2) is 11.4. The standard InChI is InChI=1S/C27H31F2N5O6/c1-26(2,3)27(4,40-25(30)36)21-20(22(35)33-13-19-31-10-5-11-32-19)34-23(39-21)16-8-9-17(38-24(28)29)18(12-16)37-14-15-6-7-15/h5,8-12,15,24H,6-7,13-14H2,1-4H3,(H2,30,36)(H,33,35). The maximum Gasteiger partial charge on any atom is 0.405 e. The number of aromatic nitrogens is 3. The first kappa shape index (κ1) is 28.7. The van der Waals surface area contributed by atoms with Crippen LogP contribution in [0.25, 0.3) is 11.5 Å². The van der Waals surface area contributed by atoms with Crippen LogP contribution in [0.15, 0.2) is 41.1 Å². The van der Waals surface area contributed by atoms with E-state index in [0.29, 0.717) is 23.9 Å². The van der Waals surface area contributed by atoms with E-state index in [1.54, 1.807) is 33.8 Å². The molecule has 0 radical (unpaired) electrons. The maximum absolute atomic E-state index is 13.4. The molecule has 2 amide bonds. The van der Waals surface area contributed by atoms with Crippen LogP contribution >= 0.6 is 0 Å². The van der Waals surface area contributed by atoms with E-state index in [4.69, 9.17) is 19.6 Å². The summed E-state index contributed by atoms with van der Waals surface area (Å²) >= 11 is 0. The van der Waals surface area contributed by atoms with Gasteiger partial charge >= 0.3 is 12.7 Å². The second-order valence-electron chi connectivity index (χ2n) is 10.5. The number of hydrogen-bond donors (Lipinski definition) is 2. The van der Waals surface area contributed by atoms with Gasteiger partial charge in [-0.05, 0) is 49.9 Å². The highest BCUT2D eigenvalue weighted by Gasteiger charge is 2.49. The number of rotatable bonds is 11. The molecule has 1 unspecified atom stereocenters. The summed E-state index contributed by atoms with van der Waals surface area (Å²) in [5, 5.41) is 2.69. The van der Waals surface area contributed by atoms with Crippen molar-refractivity contribution in [2.24, 2.45) is 17.1 Å². The molecule has 214 valence electrons. The summed E-state index contributed by atoms with van der Waals surface area (Å²) < 4.78 is 48.0. The van der Waals surface area contributed by atoms with Gasteiger partial charge in [-0.2, -0.15) is 8.78 Å². The average molecular weight is 560 g/mol. The van der Waals surface area contributed by atoms with Crippen molar-refractivity contribution >= 4 is 12.0 Å². The van der Waals surface area contributed by atoms with Crippen LogP contribution in [-0.2, 0) is 16.9 Å². The van der Waals surface area contributed by atoms with Gasteiger partial charge in [0.15, 0.2) is 28.6 Å². The fourth-order valence-corrected chi connectivity index (χ4v) is 3.77. The van der Waals surface area contributed by atoms with E-state index in [1.807, 2.05) is 0 Å². The Morgan fingerprint density at radius 3 is 2.45 bits per heavy atom. The molecule has 0 spiro atoms. The smallest absolute Gasteiger partial charge is 0.405 e. The maximum atomic E-state index is 13.4. The van der Waals surface area contributed by atoms with Crippen molar-refractivity contribution < 1.29 is 37.0 Å². The summed E-state index contributed by atoms with van der Waals surface area (Å²) in [5.41, 5.74) is 3.19. The van der Waals surface area contributed by atoms with Gasteiger partial charge in [0.2, 0.25) is 5.89 Å². The minimum absolute atomic E-state index is 0.0109. The number of amides is 2. The minimum atomic E-state index is -3.05. The number of ether oxygens (including phenoxy) is 3. The van der Waals surface area contributed by atoms with Crippen LogP contribution in [0, 0.1) is 11.3 Å². The predicted octanol–water partition coefficient (Wildman–Crippen LogP) is 4.81. The van der Waals surface area contributed by atoms with Crippen LogP contribution < -0.4 is 20.5 Å². The number of oxazole rings is 1. The molecule has 13 heteroatoms. The largest absolute Gasteiger partial charge is 0.489 e. The first-order valence-corrected chi connectivity index (χ1v) is 12.6. The molecular formula is C27H31F2N5O6. The molecule has 3 aromatic rings. The number of hydrogen-bond acceptors (Lipinski definition) is 9. The van der Waals surface area contributed by atoms with Gasteiger partial charge in [0, 0.05) is 23.4 Å². The van der Waals surface area contributed by atoms with E-state index in [1.165, 1.54) is 30.6 Å². The summed E-state index contributed by atoms with van der Waals surface area (Å²) in [5.74, 6) is -0.122. The number of nitrogens with one attached hydrogen (secondary N) is 1. The van der Waals surface area contributed by atoms with E-state index in [2.05, 4.69) is 25.0 Å². The zero-order valence-corrected chi connectivity index (χ0v) is 22.6. The van der Waals surface area contributed by atoms with Crippen molar-refractivity contribution in [2.45, 2.75) is 59.3 Å². The highest BCUT2D eigenvalue weighted by molar-refractivity contribution is 5.94. The Labute approximate surface area is 229 Å². The average Bonchev–Trinajstić information content (AvgIpc) is 3.61. The Hall–Kier alpha value is -4.29. The van der Waals surface area contributed by atoms with Crippen molar-refractivity contribution in [3.8, 4) is 23.0 Å². The number of carbonyl (C=O) groups is 2. The van der Waals surface area contributed by atoms with Crippen LogP contribution in [0.4, 0.5) is 13.6 Å². The van der Waals surface area contributed by atoms with Crippen LogP contribution in [0.3, 0.4) is 0 Å². The van der Waals surface area contributed by atoms with Crippen molar-refractivity contribution in [3.63, 3.8) is 0 Å². The Morgan fingerprint density at radius 1 is 1.15 bits per heavy atom. The quantitative estimate of drug-likeness (QED) is 0.337. The lowest BCUT2D eigenvalue weighted by Gasteiger charge is -2.38. The molecule has 2 aromatic heterocycles. The van der Waals surface area contributed by atoms with E-state index >= 15 is 0 Å². The molecular weight excluding hydrogens is 528 g/mol. The first-order chi connectivity index (χ1) is 18.9. The molecule has 0 bridgehead atoms. The predicted molar refractivity (Wildman–Crippen MR) is 137 cm³/mol. The lowest BCUT2D eigenvalue weighted by molar-refractivity contribution is -0.0707. The fourth-order valence-electron chi connectivity index (χ4n) is 3.77. The number of primary amides is 1. The lowest BCUT2D eigenvalue weighted by atomic mass is 9.75. The first-order valence-electron chi connectivity index (χ1n) is 12.6. The Morgan fingerprint density at radius 2 is 1.85 bits per heavy atom. The summed E-state index contributed by atoms with van der Waals surface area (Å²) in [6, 6.07) is 5.84. The van der Waals surface area contributed by atoms with Crippen LogP contribution in [0.2, 0.25) is 0 Å². The topological polar surface area (TPSA) is 152 Å². The monoisotopic (exact) mass is 559 g/mol. The van der Waals surface area contributed by atoms with Crippen molar-refractivity contribution in [1.29, 1.82) is 0 Å². The van der Waals surface area contributed by atoms with Crippen LogP contribution in [0.1, 0.15) is 62.6 Å². The van der Waals surface area contributed by atoms with Gasteiger partial charge < -0.3 is 29.7 Å². The van der Waals surface area contributed by atoms with Crippen molar-refractivity contribution in [3.05, 3.63) is 53.9 Å². The molecule has 0 aliphatic heterocycles. The van der Waals surface area contributed by atoms with Gasteiger partial charge in [0.05, 0.1) is 13.2 Å². The van der Waals surface area contributed by atoms with Gasteiger partial charge in [-0.15, -0.1) is 0 Å². The summed E-state index contributed by atoms with van der Waals surface area (Å²) in [7, 11) is 0.